The standard InChI is InChI=1S/C21H24N2O4/c1-4-26-16-8-12(3)15(10-17(16)27-5-2)11-22-23-20(24)18-13-6-7-14(9-13)19(18)21(23)25/h6-8,10-11,13-14,18-19H,4-5,9H2,1-3H3. The lowest BCUT2D eigenvalue weighted by Crippen LogP contribution is -2.28. The van der Waals surface area contributed by atoms with E-state index in [1.165, 1.54) is 0 Å². The fourth-order valence-corrected chi connectivity index (χ4v) is 4.47. The molecule has 1 aromatic rings. The fourth-order valence-electron chi connectivity index (χ4n) is 4.47. The zero-order valence-corrected chi connectivity index (χ0v) is 15.8. The van der Waals surface area contributed by atoms with Gasteiger partial charge in [0.1, 0.15) is 0 Å². The van der Waals surface area contributed by atoms with E-state index >= 15 is 0 Å². The van der Waals surface area contributed by atoms with Crippen LogP contribution in [-0.4, -0.2) is 36.3 Å². The minimum Gasteiger partial charge on any atom is -0.490 e. The number of carbonyl (C=O) groups is 2. The first-order chi connectivity index (χ1) is 13.0. The molecule has 0 aromatic heterocycles. The van der Waals surface area contributed by atoms with E-state index in [1.54, 1.807) is 6.21 Å². The maximum atomic E-state index is 12.7. The van der Waals surface area contributed by atoms with Crippen LogP contribution < -0.4 is 9.47 Å². The van der Waals surface area contributed by atoms with Gasteiger partial charge in [-0.15, -0.1) is 0 Å². The van der Waals surface area contributed by atoms with Gasteiger partial charge in [-0.3, -0.25) is 9.59 Å². The van der Waals surface area contributed by atoms with Gasteiger partial charge >= 0.3 is 0 Å². The molecule has 2 fully saturated rings. The van der Waals surface area contributed by atoms with Crippen LogP contribution in [0.3, 0.4) is 0 Å². The SMILES string of the molecule is CCOc1cc(C)c(C=NN2C(=O)C3C4C=CC(C4)C3C2=O)cc1OCC. The van der Waals surface area contributed by atoms with Crippen LogP contribution in [0.25, 0.3) is 0 Å². The number of benzene rings is 1. The Morgan fingerprint density at radius 1 is 1.04 bits per heavy atom. The van der Waals surface area contributed by atoms with Crippen molar-refractivity contribution < 1.29 is 19.1 Å². The van der Waals surface area contributed by atoms with Gasteiger partial charge in [-0.1, -0.05) is 12.2 Å². The van der Waals surface area contributed by atoms with E-state index in [4.69, 9.17) is 9.47 Å². The highest BCUT2D eigenvalue weighted by molar-refractivity contribution is 6.06. The highest BCUT2D eigenvalue weighted by atomic mass is 16.5. The highest BCUT2D eigenvalue weighted by Crippen LogP contribution is 2.52. The summed E-state index contributed by atoms with van der Waals surface area (Å²) in [5.41, 5.74) is 1.73. The third kappa shape index (κ3) is 2.83. The minimum atomic E-state index is -0.231. The normalized spacial score (nSPS) is 28.5. The van der Waals surface area contributed by atoms with Gasteiger partial charge in [0.05, 0.1) is 31.3 Å². The maximum Gasteiger partial charge on any atom is 0.254 e. The molecule has 142 valence electrons. The summed E-state index contributed by atoms with van der Waals surface area (Å²) in [4.78, 5) is 25.4. The second kappa shape index (κ2) is 6.83. The monoisotopic (exact) mass is 368 g/mol. The van der Waals surface area contributed by atoms with Crippen LogP contribution in [0.2, 0.25) is 0 Å². The van der Waals surface area contributed by atoms with Crippen molar-refractivity contribution in [3.8, 4) is 11.5 Å². The maximum absolute atomic E-state index is 12.7. The third-order valence-electron chi connectivity index (χ3n) is 5.69. The predicted octanol–water partition coefficient (Wildman–Crippen LogP) is 2.93. The van der Waals surface area contributed by atoms with Gasteiger partial charge in [0, 0.05) is 5.56 Å². The van der Waals surface area contributed by atoms with Crippen LogP contribution in [0, 0.1) is 30.6 Å². The van der Waals surface area contributed by atoms with Crippen molar-refractivity contribution in [1.82, 2.24) is 5.01 Å². The van der Waals surface area contributed by atoms with Crippen molar-refractivity contribution in [1.29, 1.82) is 0 Å². The van der Waals surface area contributed by atoms with E-state index in [2.05, 4.69) is 17.3 Å². The summed E-state index contributed by atoms with van der Waals surface area (Å²) in [5.74, 6) is 0.875. The molecule has 0 N–H and O–H groups in total. The molecule has 27 heavy (non-hydrogen) atoms. The molecule has 1 saturated heterocycles. The lowest BCUT2D eigenvalue weighted by Gasteiger charge is -2.14. The molecule has 4 atom stereocenters. The Labute approximate surface area is 158 Å². The van der Waals surface area contributed by atoms with Gasteiger partial charge in [0.25, 0.3) is 11.8 Å². The number of rotatable bonds is 6. The average molecular weight is 368 g/mol. The first-order valence-corrected chi connectivity index (χ1v) is 9.55. The summed E-state index contributed by atoms with van der Waals surface area (Å²) in [6.45, 7) is 6.83. The van der Waals surface area contributed by atoms with E-state index < -0.39 is 0 Å². The van der Waals surface area contributed by atoms with Gasteiger partial charge in [0.15, 0.2) is 11.5 Å². The Balaban J connectivity index is 1.59. The average Bonchev–Trinajstić information content (AvgIpc) is 3.32. The van der Waals surface area contributed by atoms with Gasteiger partial charge in [-0.05, 0) is 56.7 Å². The summed E-state index contributed by atoms with van der Waals surface area (Å²) in [6.07, 6.45) is 6.64. The predicted molar refractivity (Wildman–Crippen MR) is 101 cm³/mol. The van der Waals surface area contributed by atoms with E-state index in [-0.39, 0.29) is 35.5 Å². The van der Waals surface area contributed by atoms with Crippen molar-refractivity contribution in [2.75, 3.05) is 13.2 Å². The van der Waals surface area contributed by atoms with Crippen LogP contribution in [-0.2, 0) is 9.59 Å². The number of hydrogen-bond acceptors (Lipinski definition) is 5. The molecular weight excluding hydrogens is 344 g/mol. The number of fused-ring (bicyclic) bond motifs is 5. The Bertz CT molecular complexity index is 815. The number of hydrazone groups is 1. The summed E-state index contributed by atoms with van der Waals surface area (Å²) in [7, 11) is 0. The Hall–Kier alpha value is -2.63. The molecular formula is C21H24N2O4. The van der Waals surface area contributed by atoms with Crippen molar-refractivity contribution in [3.05, 3.63) is 35.4 Å². The van der Waals surface area contributed by atoms with Crippen LogP contribution >= 0.6 is 0 Å². The number of ether oxygens (including phenoxy) is 2. The summed E-state index contributed by atoms with van der Waals surface area (Å²) in [6, 6.07) is 3.73. The summed E-state index contributed by atoms with van der Waals surface area (Å²) in [5, 5.41) is 5.32. The van der Waals surface area contributed by atoms with Crippen molar-refractivity contribution >= 4 is 18.0 Å². The second-order valence-electron chi connectivity index (χ2n) is 7.25. The van der Waals surface area contributed by atoms with E-state index in [1.807, 2.05) is 32.9 Å². The van der Waals surface area contributed by atoms with Gasteiger partial charge < -0.3 is 9.47 Å². The number of imide groups is 1. The molecule has 0 spiro atoms. The molecule has 1 saturated carbocycles. The van der Waals surface area contributed by atoms with Crippen molar-refractivity contribution in [2.24, 2.45) is 28.8 Å². The molecule has 6 heteroatoms. The molecule has 3 aliphatic rings. The van der Waals surface area contributed by atoms with E-state index in [9.17, 15) is 9.59 Å². The summed E-state index contributed by atoms with van der Waals surface area (Å²) < 4.78 is 11.3. The molecule has 1 aromatic carbocycles. The Morgan fingerprint density at radius 2 is 1.59 bits per heavy atom. The van der Waals surface area contributed by atoms with Crippen LogP contribution in [0.1, 0.15) is 31.4 Å². The van der Waals surface area contributed by atoms with Crippen molar-refractivity contribution in [2.45, 2.75) is 27.2 Å². The Morgan fingerprint density at radius 3 is 2.15 bits per heavy atom. The number of hydrogen-bond donors (Lipinski definition) is 0. The first kappa shape index (κ1) is 17.8. The molecule has 1 heterocycles. The number of aryl methyl sites for hydroxylation is 1. The highest BCUT2D eigenvalue weighted by Gasteiger charge is 2.59. The zero-order valence-electron chi connectivity index (χ0n) is 15.8. The number of amides is 2. The molecule has 4 rings (SSSR count). The quantitative estimate of drug-likeness (QED) is 0.440. The van der Waals surface area contributed by atoms with Crippen LogP contribution in [0.5, 0.6) is 11.5 Å². The fraction of sp³-hybridized carbons (Fsp3) is 0.476. The lowest BCUT2D eigenvalue weighted by molar-refractivity contribution is -0.140. The van der Waals surface area contributed by atoms with Crippen molar-refractivity contribution in [3.63, 3.8) is 0 Å². The molecule has 0 radical (unpaired) electrons. The molecule has 6 nitrogen and oxygen atoms in total. The molecule has 2 amide bonds. The smallest absolute Gasteiger partial charge is 0.254 e. The van der Waals surface area contributed by atoms with Gasteiger partial charge in [-0.2, -0.15) is 10.1 Å². The molecule has 2 aliphatic carbocycles. The van der Waals surface area contributed by atoms with Gasteiger partial charge in [-0.25, -0.2) is 0 Å². The molecule has 4 unspecified atom stereocenters. The lowest BCUT2D eigenvalue weighted by atomic mass is 9.85. The topological polar surface area (TPSA) is 68.2 Å². The second-order valence-corrected chi connectivity index (χ2v) is 7.25. The first-order valence-electron chi connectivity index (χ1n) is 9.55. The summed E-state index contributed by atoms with van der Waals surface area (Å²) >= 11 is 0. The molecule has 2 bridgehead atoms. The number of allylic oxidation sites excluding steroid dienone is 2. The third-order valence-corrected chi connectivity index (χ3v) is 5.69. The number of carbonyl (C=O) groups excluding carboxylic acids is 2. The molecule has 1 aliphatic heterocycles. The van der Waals surface area contributed by atoms with Crippen LogP contribution in [0.15, 0.2) is 29.4 Å². The van der Waals surface area contributed by atoms with E-state index in [0.717, 1.165) is 22.6 Å². The largest absolute Gasteiger partial charge is 0.490 e. The van der Waals surface area contributed by atoms with Gasteiger partial charge in [0.2, 0.25) is 0 Å². The zero-order chi connectivity index (χ0) is 19.1. The minimum absolute atomic E-state index is 0.174. The number of nitrogens with zero attached hydrogens (tertiary/aromatic N) is 2. The van der Waals surface area contributed by atoms with Crippen LogP contribution in [0.4, 0.5) is 0 Å². The van der Waals surface area contributed by atoms with E-state index in [0.29, 0.717) is 24.7 Å². The Kier molecular flexibility index (Phi) is 4.50.